The van der Waals surface area contributed by atoms with E-state index in [9.17, 15) is 13.2 Å². The maximum absolute atomic E-state index is 12.1. The first kappa shape index (κ1) is 16.1. The molecule has 0 saturated carbocycles. The summed E-state index contributed by atoms with van der Waals surface area (Å²) in [4.78, 5) is 14.8. The number of carboxylic acids is 1. The molecule has 1 atom stereocenters. The third-order valence-corrected chi connectivity index (χ3v) is 4.23. The van der Waals surface area contributed by atoms with E-state index in [1.807, 2.05) is 0 Å². The predicted octanol–water partition coefficient (Wildman–Crippen LogP) is 1.26. The SMILES string of the molecule is Cc1noc(C(C)NS(=O)(=O)Cc2cccc(C(=O)O)c2)n1. The standard InChI is InChI=1S/C13H15N3O5S/c1-8(12-14-9(2)15-21-12)16-22(19,20)7-10-4-3-5-11(6-10)13(17)18/h3-6,8,16H,7H2,1-2H3,(H,17,18). The van der Waals surface area contributed by atoms with E-state index >= 15 is 0 Å². The van der Waals surface area contributed by atoms with Gasteiger partial charge < -0.3 is 9.63 Å². The molecule has 1 heterocycles. The van der Waals surface area contributed by atoms with Crippen LogP contribution in [0.1, 0.15) is 40.6 Å². The molecule has 0 aliphatic heterocycles. The van der Waals surface area contributed by atoms with Crippen molar-refractivity contribution in [2.45, 2.75) is 25.6 Å². The normalized spacial score (nSPS) is 13.0. The second kappa shape index (κ2) is 6.24. The molecule has 0 bridgehead atoms. The fourth-order valence-corrected chi connectivity index (χ4v) is 3.21. The number of carboxylic acid groups (broad SMARTS) is 1. The van der Waals surface area contributed by atoms with Crippen LogP contribution in [0, 0.1) is 6.92 Å². The first-order valence-corrected chi connectivity index (χ1v) is 8.04. The molecule has 0 aliphatic carbocycles. The highest BCUT2D eigenvalue weighted by molar-refractivity contribution is 7.88. The minimum atomic E-state index is -3.69. The highest BCUT2D eigenvalue weighted by atomic mass is 32.2. The van der Waals surface area contributed by atoms with Crippen molar-refractivity contribution in [3.05, 3.63) is 47.1 Å². The Hall–Kier alpha value is -2.26. The molecule has 2 aromatic rings. The van der Waals surface area contributed by atoms with E-state index in [4.69, 9.17) is 9.63 Å². The van der Waals surface area contributed by atoms with Gasteiger partial charge in [-0.25, -0.2) is 17.9 Å². The van der Waals surface area contributed by atoms with E-state index in [2.05, 4.69) is 14.9 Å². The van der Waals surface area contributed by atoms with Crippen molar-refractivity contribution < 1.29 is 22.8 Å². The zero-order chi connectivity index (χ0) is 16.3. The lowest BCUT2D eigenvalue weighted by molar-refractivity contribution is 0.0696. The van der Waals surface area contributed by atoms with Gasteiger partial charge in [-0.2, -0.15) is 4.98 Å². The Labute approximate surface area is 127 Å². The maximum Gasteiger partial charge on any atom is 0.335 e. The Balaban J connectivity index is 2.11. The van der Waals surface area contributed by atoms with Crippen LogP contribution < -0.4 is 4.72 Å². The van der Waals surface area contributed by atoms with Gasteiger partial charge in [-0.1, -0.05) is 17.3 Å². The number of benzene rings is 1. The lowest BCUT2D eigenvalue weighted by Crippen LogP contribution is -2.28. The summed E-state index contributed by atoms with van der Waals surface area (Å²) in [6, 6.07) is 5.10. The number of carbonyl (C=O) groups is 1. The summed E-state index contributed by atoms with van der Waals surface area (Å²) in [6.07, 6.45) is 0. The molecule has 2 N–H and O–H groups in total. The molecule has 8 nitrogen and oxygen atoms in total. The van der Waals surface area contributed by atoms with Gasteiger partial charge in [0.15, 0.2) is 5.82 Å². The predicted molar refractivity (Wildman–Crippen MR) is 76.6 cm³/mol. The highest BCUT2D eigenvalue weighted by Crippen LogP contribution is 2.14. The fraction of sp³-hybridized carbons (Fsp3) is 0.308. The summed E-state index contributed by atoms with van der Waals surface area (Å²) >= 11 is 0. The number of aromatic carboxylic acids is 1. The molecule has 1 aromatic heterocycles. The van der Waals surface area contributed by atoms with Crippen molar-refractivity contribution in [1.29, 1.82) is 0 Å². The van der Waals surface area contributed by atoms with Crippen LogP contribution in [0.3, 0.4) is 0 Å². The average Bonchev–Trinajstić information content (AvgIpc) is 2.84. The van der Waals surface area contributed by atoms with Gasteiger partial charge in [0.25, 0.3) is 0 Å². The lowest BCUT2D eigenvalue weighted by Gasteiger charge is -2.10. The third-order valence-electron chi connectivity index (χ3n) is 2.80. The molecule has 0 fully saturated rings. The molecule has 1 unspecified atom stereocenters. The maximum atomic E-state index is 12.1. The molecule has 0 aliphatic rings. The minimum absolute atomic E-state index is 0.0354. The first-order valence-electron chi connectivity index (χ1n) is 6.39. The number of hydrogen-bond acceptors (Lipinski definition) is 6. The van der Waals surface area contributed by atoms with Crippen LogP contribution in [-0.4, -0.2) is 29.6 Å². The van der Waals surface area contributed by atoms with Crippen LogP contribution in [0.25, 0.3) is 0 Å². The van der Waals surface area contributed by atoms with Crippen molar-refractivity contribution in [3.8, 4) is 0 Å². The average molecular weight is 325 g/mol. The summed E-state index contributed by atoms with van der Waals surface area (Å²) < 4.78 is 31.6. The first-order chi connectivity index (χ1) is 10.3. The van der Waals surface area contributed by atoms with Gasteiger partial charge in [-0.05, 0) is 31.5 Å². The Kier molecular flexibility index (Phi) is 4.57. The Morgan fingerprint density at radius 3 is 2.77 bits per heavy atom. The molecular formula is C13H15N3O5S. The molecule has 0 radical (unpaired) electrons. The molecule has 1 aromatic carbocycles. The molecular weight excluding hydrogens is 310 g/mol. The molecule has 0 amide bonds. The lowest BCUT2D eigenvalue weighted by atomic mass is 10.1. The zero-order valence-corrected chi connectivity index (χ0v) is 12.8. The number of aryl methyl sites for hydroxylation is 1. The quantitative estimate of drug-likeness (QED) is 0.819. The Morgan fingerprint density at radius 2 is 2.18 bits per heavy atom. The summed E-state index contributed by atoms with van der Waals surface area (Å²) in [5, 5.41) is 12.5. The minimum Gasteiger partial charge on any atom is -0.478 e. The number of nitrogens with one attached hydrogen (secondary N) is 1. The van der Waals surface area contributed by atoms with Crippen LogP contribution >= 0.6 is 0 Å². The zero-order valence-electron chi connectivity index (χ0n) is 12.0. The van der Waals surface area contributed by atoms with Crippen LogP contribution in [0.4, 0.5) is 0 Å². The molecule has 2 rings (SSSR count). The smallest absolute Gasteiger partial charge is 0.335 e. The van der Waals surface area contributed by atoms with Crippen molar-refractivity contribution in [3.63, 3.8) is 0 Å². The largest absolute Gasteiger partial charge is 0.478 e. The van der Waals surface area contributed by atoms with E-state index in [0.717, 1.165) is 0 Å². The van der Waals surface area contributed by atoms with Crippen molar-refractivity contribution in [2.24, 2.45) is 0 Å². The van der Waals surface area contributed by atoms with Crippen molar-refractivity contribution in [1.82, 2.24) is 14.9 Å². The summed E-state index contributed by atoms with van der Waals surface area (Å²) in [6.45, 7) is 3.21. The third kappa shape index (κ3) is 4.12. The van der Waals surface area contributed by atoms with Crippen LogP contribution in [0.15, 0.2) is 28.8 Å². The van der Waals surface area contributed by atoms with Crippen LogP contribution in [-0.2, 0) is 15.8 Å². The molecule has 118 valence electrons. The Morgan fingerprint density at radius 1 is 1.45 bits per heavy atom. The molecule has 9 heteroatoms. The van der Waals surface area contributed by atoms with Gasteiger partial charge in [0.1, 0.15) is 0 Å². The van der Waals surface area contributed by atoms with Gasteiger partial charge >= 0.3 is 5.97 Å². The van der Waals surface area contributed by atoms with E-state index in [1.165, 1.54) is 18.2 Å². The van der Waals surface area contributed by atoms with Gasteiger partial charge in [0.2, 0.25) is 15.9 Å². The number of nitrogens with zero attached hydrogens (tertiary/aromatic N) is 2. The van der Waals surface area contributed by atoms with E-state index in [1.54, 1.807) is 19.9 Å². The molecule has 22 heavy (non-hydrogen) atoms. The van der Waals surface area contributed by atoms with Crippen molar-refractivity contribution in [2.75, 3.05) is 0 Å². The second-order valence-electron chi connectivity index (χ2n) is 4.78. The molecule has 0 saturated heterocycles. The van der Waals surface area contributed by atoms with Crippen LogP contribution in [0.5, 0.6) is 0 Å². The summed E-state index contributed by atoms with van der Waals surface area (Å²) in [7, 11) is -3.69. The number of sulfonamides is 1. The highest BCUT2D eigenvalue weighted by Gasteiger charge is 2.21. The van der Waals surface area contributed by atoms with Gasteiger partial charge in [0.05, 0.1) is 17.4 Å². The monoisotopic (exact) mass is 325 g/mol. The van der Waals surface area contributed by atoms with E-state index in [0.29, 0.717) is 11.4 Å². The topological polar surface area (TPSA) is 122 Å². The van der Waals surface area contributed by atoms with Crippen LogP contribution in [0.2, 0.25) is 0 Å². The van der Waals surface area contributed by atoms with Gasteiger partial charge in [0, 0.05) is 0 Å². The summed E-state index contributed by atoms with van der Waals surface area (Å²) in [5.41, 5.74) is 0.412. The van der Waals surface area contributed by atoms with Gasteiger partial charge in [-0.3, -0.25) is 0 Å². The number of hydrogen-bond donors (Lipinski definition) is 2. The van der Waals surface area contributed by atoms with E-state index < -0.39 is 22.0 Å². The van der Waals surface area contributed by atoms with Crippen molar-refractivity contribution >= 4 is 16.0 Å². The Bertz CT molecular complexity index is 784. The second-order valence-corrected chi connectivity index (χ2v) is 6.54. The fourth-order valence-electron chi connectivity index (χ4n) is 1.86. The van der Waals surface area contributed by atoms with Gasteiger partial charge in [-0.15, -0.1) is 0 Å². The molecule has 0 spiro atoms. The number of aromatic nitrogens is 2. The summed E-state index contributed by atoms with van der Waals surface area (Å²) in [5.74, 6) is -0.872. The number of rotatable bonds is 6. The van der Waals surface area contributed by atoms with E-state index in [-0.39, 0.29) is 17.2 Å².